The Balaban J connectivity index is 3.36. The summed E-state index contributed by atoms with van der Waals surface area (Å²) in [7, 11) is 0. The van der Waals surface area contributed by atoms with Gasteiger partial charge in [-0.1, -0.05) is 0 Å². The van der Waals surface area contributed by atoms with Crippen molar-refractivity contribution in [1.82, 2.24) is 0 Å². The van der Waals surface area contributed by atoms with Crippen LogP contribution in [0.5, 0.6) is 0 Å². The van der Waals surface area contributed by atoms with Crippen molar-refractivity contribution < 1.29 is 12.5 Å². The second-order valence-corrected chi connectivity index (χ2v) is 3.56. The molecule has 0 aliphatic heterocycles. The molecule has 1 aromatic carbocycles. The maximum atomic E-state index is 12.5. The zero-order valence-corrected chi connectivity index (χ0v) is 7.78. The predicted molar refractivity (Wildman–Crippen MR) is 37.4 cm³/mol. The third-order valence-corrected chi connectivity index (χ3v) is 2.96. The molecular formula is C6H2AsClF2O. The minimum atomic E-state index is -1.40. The van der Waals surface area contributed by atoms with E-state index in [2.05, 4.69) is 0 Å². The number of rotatable bonds is 1. The monoisotopic (exact) mass is 238 g/mol. The summed E-state index contributed by atoms with van der Waals surface area (Å²) in [6.45, 7) is 0. The van der Waals surface area contributed by atoms with Crippen LogP contribution >= 0.6 is 11.6 Å². The molecule has 1 nitrogen and oxygen atoms in total. The van der Waals surface area contributed by atoms with Crippen molar-refractivity contribution in [3.05, 3.63) is 28.8 Å². The van der Waals surface area contributed by atoms with E-state index in [9.17, 15) is 12.5 Å². The van der Waals surface area contributed by atoms with E-state index in [4.69, 9.17) is 11.6 Å². The van der Waals surface area contributed by atoms with Crippen LogP contribution in [0.1, 0.15) is 0 Å². The molecule has 0 amide bonds. The first-order valence-corrected chi connectivity index (χ1v) is 4.72. The minimum absolute atomic E-state index is 0.168. The third-order valence-electron chi connectivity index (χ3n) is 1.11. The van der Waals surface area contributed by atoms with E-state index < -0.39 is 27.3 Å². The van der Waals surface area contributed by atoms with Crippen molar-refractivity contribution >= 4 is 31.6 Å². The Bertz CT molecular complexity index is 303. The normalized spacial score (nSPS) is 10.5. The van der Waals surface area contributed by atoms with Gasteiger partial charge >= 0.3 is 73.0 Å². The van der Waals surface area contributed by atoms with Crippen molar-refractivity contribution in [3.63, 3.8) is 0 Å². The standard InChI is InChI=1S/C6H2AsClF2O/c8-5-3(7-11)1-2-4(9)6(5)10/h1-2H. The van der Waals surface area contributed by atoms with Gasteiger partial charge in [0, 0.05) is 0 Å². The average Bonchev–Trinajstić information content (AvgIpc) is 2.01. The summed E-state index contributed by atoms with van der Waals surface area (Å²) in [6.07, 6.45) is 0. The van der Waals surface area contributed by atoms with Gasteiger partial charge < -0.3 is 0 Å². The predicted octanol–water partition coefficient (Wildman–Crippen LogP) is 1.29. The Morgan fingerprint density at radius 2 is 2.00 bits per heavy atom. The first-order valence-electron chi connectivity index (χ1n) is 2.63. The molecule has 5 heteroatoms. The van der Waals surface area contributed by atoms with E-state index >= 15 is 0 Å². The number of halogens is 3. The number of benzene rings is 1. The average molecular weight is 238 g/mol. The van der Waals surface area contributed by atoms with Crippen LogP contribution in [0.2, 0.25) is 5.02 Å². The van der Waals surface area contributed by atoms with Gasteiger partial charge in [-0.05, 0) is 0 Å². The van der Waals surface area contributed by atoms with Gasteiger partial charge in [0.2, 0.25) is 0 Å². The Labute approximate surface area is 73.3 Å². The molecule has 0 saturated heterocycles. The van der Waals surface area contributed by atoms with Crippen LogP contribution in [-0.2, 0) is 3.74 Å². The second-order valence-electron chi connectivity index (χ2n) is 1.79. The molecule has 0 aliphatic carbocycles. The van der Waals surface area contributed by atoms with Crippen LogP contribution < -0.4 is 4.35 Å². The van der Waals surface area contributed by atoms with Gasteiger partial charge in [-0.2, -0.15) is 0 Å². The van der Waals surface area contributed by atoms with Crippen LogP contribution in [0.4, 0.5) is 8.78 Å². The molecule has 0 radical (unpaired) electrons. The van der Waals surface area contributed by atoms with Gasteiger partial charge in [-0.15, -0.1) is 0 Å². The Morgan fingerprint density at radius 3 is 2.55 bits per heavy atom. The Morgan fingerprint density at radius 1 is 1.36 bits per heavy atom. The van der Waals surface area contributed by atoms with E-state index in [0.29, 0.717) is 0 Å². The van der Waals surface area contributed by atoms with Crippen molar-refractivity contribution in [2.24, 2.45) is 0 Å². The van der Waals surface area contributed by atoms with Crippen molar-refractivity contribution in [2.75, 3.05) is 0 Å². The molecule has 0 fully saturated rings. The SMILES string of the molecule is O=[As]c1ccc(F)c(F)c1Cl. The summed E-state index contributed by atoms with van der Waals surface area (Å²) in [6, 6.07) is 2.12. The molecule has 0 atom stereocenters. The molecule has 0 aromatic heterocycles. The van der Waals surface area contributed by atoms with E-state index in [1.807, 2.05) is 0 Å². The molecular weight excluding hydrogens is 236 g/mol. The van der Waals surface area contributed by atoms with E-state index in [-0.39, 0.29) is 9.37 Å². The molecule has 0 N–H and O–H groups in total. The van der Waals surface area contributed by atoms with Gasteiger partial charge in [0.25, 0.3) is 0 Å². The van der Waals surface area contributed by atoms with Gasteiger partial charge in [0.1, 0.15) is 0 Å². The van der Waals surface area contributed by atoms with Gasteiger partial charge in [-0.25, -0.2) is 0 Å². The third kappa shape index (κ3) is 1.66. The van der Waals surface area contributed by atoms with E-state index in [0.717, 1.165) is 6.07 Å². The van der Waals surface area contributed by atoms with Crippen LogP contribution in [0.15, 0.2) is 12.1 Å². The maximum absolute atomic E-state index is 12.5. The fourth-order valence-electron chi connectivity index (χ4n) is 0.586. The van der Waals surface area contributed by atoms with Gasteiger partial charge in [0.15, 0.2) is 0 Å². The zero-order chi connectivity index (χ0) is 8.43. The summed E-state index contributed by atoms with van der Waals surface area (Å²) >= 11 is 3.91. The molecule has 0 spiro atoms. The zero-order valence-electron chi connectivity index (χ0n) is 5.14. The first-order chi connectivity index (χ1) is 5.16. The molecule has 1 rings (SSSR count). The number of hydrogen-bond donors (Lipinski definition) is 0. The molecule has 58 valence electrons. The van der Waals surface area contributed by atoms with Gasteiger partial charge in [0.05, 0.1) is 0 Å². The molecule has 0 aliphatic rings. The van der Waals surface area contributed by atoms with Crippen molar-refractivity contribution in [1.29, 1.82) is 0 Å². The molecule has 0 bridgehead atoms. The molecule has 1 aromatic rings. The van der Waals surface area contributed by atoms with Gasteiger partial charge in [-0.3, -0.25) is 0 Å². The summed E-state index contributed by atoms with van der Waals surface area (Å²) in [5, 5.41) is -0.375. The van der Waals surface area contributed by atoms with Crippen molar-refractivity contribution in [3.8, 4) is 0 Å². The first kappa shape index (κ1) is 8.82. The van der Waals surface area contributed by atoms with Crippen LogP contribution in [0.25, 0.3) is 0 Å². The van der Waals surface area contributed by atoms with E-state index in [1.165, 1.54) is 6.07 Å². The summed E-state index contributed by atoms with van der Waals surface area (Å²) < 4.78 is 35.4. The summed E-state index contributed by atoms with van der Waals surface area (Å²) in [5.74, 6) is -2.15. The second kappa shape index (κ2) is 3.42. The fourth-order valence-corrected chi connectivity index (χ4v) is 1.58. The van der Waals surface area contributed by atoms with Crippen LogP contribution in [0.3, 0.4) is 0 Å². The Hall–Kier alpha value is -0.272. The Kier molecular flexibility index (Phi) is 2.74. The quantitative estimate of drug-likeness (QED) is 0.532. The van der Waals surface area contributed by atoms with E-state index in [1.54, 1.807) is 0 Å². The van der Waals surface area contributed by atoms with Crippen LogP contribution in [-0.4, -0.2) is 15.7 Å². The summed E-state index contributed by atoms with van der Waals surface area (Å²) in [4.78, 5) is 0. The number of hydrogen-bond acceptors (Lipinski definition) is 1. The summed E-state index contributed by atoms with van der Waals surface area (Å²) in [5.41, 5.74) is 0. The van der Waals surface area contributed by atoms with Crippen molar-refractivity contribution in [2.45, 2.75) is 0 Å². The molecule has 0 unspecified atom stereocenters. The molecule has 11 heavy (non-hydrogen) atoms. The molecule has 0 saturated carbocycles. The topological polar surface area (TPSA) is 17.1 Å². The molecule has 0 heterocycles. The fraction of sp³-hybridized carbons (Fsp3) is 0. The van der Waals surface area contributed by atoms with Crippen LogP contribution in [0, 0.1) is 11.6 Å².